The molecule has 0 aromatic heterocycles. The topological polar surface area (TPSA) is 148 Å². The molecule has 0 radical (unpaired) electrons. The molecule has 1 aliphatic rings. The molecule has 0 saturated heterocycles. The average Bonchev–Trinajstić information content (AvgIpc) is 3.04. The number of sulfone groups is 1. The minimum Gasteiger partial charge on any atom is -0.494 e. The van der Waals surface area contributed by atoms with E-state index in [0.29, 0.717) is 23.9 Å². The molecule has 0 saturated carbocycles. The highest BCUT2D eigenvalue weighted by molar-refractivity contribution is 7.91. The number of nitrogens with zero attached hydrogens (tertiary/aromatic N) is 1. The minimum absolute atomic E-state index is 0.0281. The van der Waals surface area contributed by atoms with Crippen LogP contribution >= 0.6 is 11.6 Å². The number of fused-ring (bicyclic) bond motifs is 1. The molecule has 4 rings (SSSR count). The fourth-order valence-electron chi connectivity index (χ4n) is 4.63. The molecule has 10 nitrogen and oxygen atoms in total. The Kier molecular flexibility index (Phi) is 10.8. The van der Waals surface area contributed by atoms with Gasteiger partial charge in [0.2, 0.25) is 11.8 Å². The van der Waals surface area contributed by atoms with Gasteiger partial charge >= 0.3 is 0 Å². The van der Waals surface area contributed by atoms with E-state index in [-0.39, 0.29) is 35.1 Å². The standard InChI is InChI=1S/C31H35ClN4O6S/c1-21(37)34-15-3-2-4-16-42-26-12-7-22(8-13-26)18-35-30(38)24-9-14-29-28(17-24)36(19-23-5-10-25(32)11-6-23)31(39)27(33)20-43(29,40)41/h5-14,17,27H,2-4,15-16,18-20,33H2,1H3,(H,34,37)(H,35,38)/t27-/m0/s1. The molecular weight excluding hydrogens is 592 g/mol. The molecule has 3 amide bonds. The number of benzene rings is 3. The molecule has 4 N–H and O–H groups in total. The maximum Gasteiger partial charge on any atom is 0.251 e. The third-order valence-corrected chi connectivity index (χ3v) is 8.99. The highest BCUT2D eigenvalue weighted by atomic mass is 35.5. The van der Waals surface area contributed by atoms with E-state index < -0.39 is 33.4 Å². The number of ether oxygens (including phenoxy) is 1. The van der Waals surface area contributed by atoms with Gasteiger partial charge in [-0.3, -0.25) is 14.4 Å². The van der Waals surface area contributed by atoms with Crippen molar-refractivity contribution >= 4 is 44.8 Å². The van der Waals surface area contributed by atoms with Gasteiger partial charge in [-0.15, -0.1) is 0 Å². The molecule has 0 fully saturated rings. The zero-order valence-corrected chi connectivity index (χ0v) is 25.4. The van der Waals surface area contributed by atoms with Crippen molar-refractivity contribution in [2.45, 2.75) is 50.2 Å². The second-order valence-electron chi connectivity index (χ2n) is 10.3. The van der Waals surface area contributed by atoms with Crippen molar-refractivity contribution in [3.63, 3.8) is 0 Å². The van der Waals surface area contributed by atoms with E-state index in [0.717, 1.165) is 30.4 Å². The molecule has 0 unspecified atom stereocenters. The van der Waals surface area contributed by atoms with E-state index in [1.807, 2.05) is 24.3 Å². The number of hydrogen-bond acceptors (Lipinski definition) is 7. The quantitative estimate of drug-likeness (QED) is 0.260. The van der Waals surface area contributed by atoms with E-state index in [2.05, 4.69) is 10.6 Å². The molecule has 1 atom stereocenters. The Balaban J connectivity index is 1.40. The lowest BCUT2D eigenvalue weighted by Crippen LogP contribution is -2.45. The number of anilines is 1. The maximum absolute atomic E-state index is 13.2. The van der Waals surface area contributed by atoms with Crippen LogP contribution in [0.15, 0.2) is 71.6 Å². The molecule has 228 valence electrons. The van der Waals surface area contributed by atoms with Gasteiger partial charge in [0.05, 0.1) is 35.5 Å². The first kappa shape index (κ1) is 32.0. The second-order valence-corrected chi connectivity index (χ2v) is 12.8. The highest BCUT2D eigenvalue weighted by Crippen LogP contribution is 2.32. The fraction of sp³-hybridized carbons (Fsp3) is 0.323. The Bertz CT molecular complexity index is 1560. The van der Waals surface area contributed by atoms with Crippen LogP contribution in [-0.4, -0.2) is 51.1 Å². The van der Waals surface area contributed by atoms with Gasteiger partial charge in [0, 0.05) is 30.6 Å². The molecule has 0 bridgehead atoms. The fourth-order valence-corrected chi connectivity index (χ4v) is 6.31. The summed E-state index contributed by atoms with van der Waals surface area (Å²) in [6, 6.07) is 17.2. The first-order valence-corrected chi connectivity index (χ1v) is 16.0. The Morgan fingerprint density at radius 3 is 2.37 bits per heavy atom. The lowest BCUT2D eigenvalue weighted by molar-refractivity contribution is -0.120. The minimum atomic E-state index is -3.88. The summed E-state index contributed by atoms with van der Waals surface area (Å²) in [6.45, 7) is 3.01. The van der Waals surface area contributed by atoms with Crippen molar-refractivity contribution in [3.05, 3.63) is 88.4 Å². The molecule has 1 aliphatic heterocycles. The van der Waals surface area contributed by atoms with Crippen LogP contribution in [0.2, 0.25) is 5.02 Å². The molecule has 0 spiro atoms. The average molecular weight is 627 g/mol. The van der Waals surface area contributed by atoms with Gasteiger partial charge in [-0.05, 0) is 72.9 Å². The third-order valence-electron chi connectivity index (χ3n) is 6.92. The van der Waals surface area contributed by atoms with Crippen molar-refractivity contribution in [3.8, 4) is 5.75 Å². The number of carbonyl (C=O) groups is 3. The predicted octanol–water partition coefficient (Wildman–Crippen LogP) is 3.60. The number of nitrogens with two attached hydrogens (primary N) is 1. The summed E-state index contributed by atoms with van der Waals surface area (Å²) >= 11 is 5.99. The van der Waals surface area contributed by atoms with Gasteiger partial charge in [-0.25, -0.2) is 8.42 Å². The molecule has 0 aliphatic carbocycles. The van der Waals surface area contributed by atoms with Crippen LogP contribution < -0.4 is 26.0 Å². The lowest BCUT2D eigenvalue weighted by Gasteiger charge is -2.24. The van der Waals surface area contributed by atoms with Crippen LogP contribution in [0.25, 0.3) is 0 Å². The Hall–Kier alpha value is -3.93. The highest BCUT2D eigenvalue weighted by Gasteiger charge is 2.36. The molecular formula is C31H35ClN4O6S. The van der Waals surface area contributed by atoms with Gasteiger partial charge in [-0.1, -0.05) is 35.9 Å². The first-order valence-electron chi connectivity index (χ1n) is 14.0. The van der Waals surface area contributed by atoms with Crippen molar-refractivity contribution in [1.29, 1.82) is 0 Å². The summed E-state index contributed by atoms with van der Waals surface area (Å²) < 4.78 is 31.9. The van der Waals surface area contributed by atoms with Crippen molar-refractivity contribution in [2.75, 3.05) is 23.8 Å². The summed E-state index contributed by atoms with van der Waals surface area (Å²) in [5.41, 5.74) is 7.87. The van der Waals surface area contributed by atoms with Crippen LogP contribution in [0, 0.1) is 0 Å². The van der Waals surface area contributed by atoms with Gasteiger partial charge in [0.1, 0.15) is 5.75 Å². The molecule has 3 aromatic carbocycles. The Labute approximate surface area is 256 Å². The Morgan fingerprint density at radius 1 is 0.977 bits per heavy atom. The van der Waals surface area contributed by atoms with Crippen molar-refractivity contribution in [1.82, 2.24) is 10.6 Å². The van der Waals surface area contributed by atoms with Crippen LogP contribution in [-0.2, 0) is 32.5 Å². The zero-order chi connectivity index (χ0) is 31.0. The van der Waals surface area contributed by atoms with Crippen LogP contribution in [0.1, 0.15) is 47.7 Å². The predicted molar refractivity (Wildman–Crippen MR) is 165 cm³/mol. The van der Waals surface area contributed by atoms with Crippen molar-refractivity contribution in [2.24, 2.45) is 5.73 Å². The summed E-state index contributed by atoms with van der Waals surface area (Å²) in [7, 11) is -3.88. The van der Waals surface area contributed by atoms with Crippen LogP contribution in [0.5, 0.6) is 5.75 Å². The molecule has 12 heteroatoms. The molecule has 43 heavy (non-hydrogen) atoms. The summed E-state index contributed by atoms with van der Waals surface area (Å²) in [5.74, 6) is -0.818. The first-order chi connectivity index (χ1) is 20.5. The Morgan fingerprint density at radius 2 is 1.67 bits per heavy atom. The summed E-state index contributed by atoms with van der Waals surface area (Å²) in [5, 5.41) is 6.14. The van der Waals surface area contributed by atoms with Gasteiger partial charge in [-0.2, -0.15) is 0 Å². The maximum atomic E-state index is 13.2. The zero-order valence-electron chi connectivity index (χ0n) is 23.8. The third kappa shape index (κ3) is 8.79. The number of carbonyl (C=O) groups excluding carboxylic acids is 3. The van der Waals surface area contributed by atoms with E-state index in [1.54, 1.807) is 24.3 Å². The van der Waals surface area contributed by atoms with E-state index in [1.165, 1.54) is 30.0 Å². The van der Waals surface area contributed by atoms with Gasteiger partial charge < -0.3 is 26.0 Å². The summed E-state index contributed by atoms with van der Waals surface area (Å²) in [6.07, 6.45) is 2.71. The van der Waals surface area contributed by atoms with Crippen LogP contribution in [0.4, 0.5) is 5.69 Å². The van der Waals surface area contributed by atoms with E-state index in [9.17, 15) is 22.8 Å². The number of amides is 3. The smallest absolute Gasteiger partial charge is 0.251 e. The lowest BCUT2D eigenvalue weighted by atomic mass is 10.1. The normalized spacial score (nSPS) is 15.7. The van der Waals surface area contributed by atoms with Crippen molar-refractivity contribution < 1.29 is 27.5 Å². The molecule has 1 heterocycles. The number of nitrogens with one attached hydrogen (secondary N) is 2. The van der Waals surface area contributed by atoms with Crippen LogP contribution in [0.3, 0.4) is 0 Å². The summed E-state index contributed by atoms with van der Waals surface area (Å²) in [4.78, 5) is 38.5. The molecule has 3 aromatic rings. The SMILES string of the molecule is CC(=O)NCCCCCOc1ccc(CNC(=O)c2ccc3c(c2)N(Cc2ccc(Cl)cc2)C(=O)[C@@H](N)CS3(=O)=O)cc1. The van der Waals surface area contributed by atoms with Gasteiger partial charge in [0.25, 0.3) is 5.91 Å². The second kappa shape index (κ2) is 14.5. The van der Waals surface area contributed by atoms with E-state index >= 15 is 0 Å². The largest absolute Gasteiger partial charge is 0.494 e. The van der Waals surface area contributed by atoms with Gasteiger partial charge in [0.15, 0.2) is 9.84 Å². The number of hydrogen-bond donors (Lipinski definition) is 3. The van der Waals surface area contributed by atoms with E-state index in [4.69, 9.17) is 22.1 Å². The number of unbranched alkanes of at least 4 members (excludes halogenated alkanes) is 2. The number of rotatable bonds is 12. The monoisotopic (exact) mass is 626 g/mol. The number of halogens is 1.